The summed E-state index contributed by atoms with van der Waals surface area (Å²) >= 11 is 0. The van der Waals surface area contributed by atoms with Crippen LogP contribution in [0.2, 0.25) is 0 Å². The predicted octanol–water partition coefficient (Wildman–Crippen LogP) is 4.65. The number of methoxy groups -OCH3 is 3. The van der Waals surface area contributed by atoms with Crippen molar-refractivity contribution in [3.05, 3.63) is 114 Å². The average Bonchev–Trinajstić information content (AvgIpc) is 4.17. The van der Waals surface area contributed by atoms with Gasteiger partial charge in [0, 0.05) is 48.5 Å². The van der Waals surface area contributed by atoms with Gasteiger partial charge in [-0.05, 0) is 55.5 Å². The number of aromatic carboxylic acids is 1. The highest BCUT2D eigenvalue weighted by atomic mass is 16.5. The zero-order chi connectivity index (χ0) is 49.2. The normalized spacial score (nSPS) is 12.5. The minimum absolute atomic E-state index is 0.0798. The van der Waals surface area contributed by atoms with E-state index in [4.69, 9.17) is 41.3 Å². The fourth-order valence-electron chi connectivity index (χ4n) is 8.11. The number of anilines is 4. The number of hydrogen-bond acceptors (Lipinski definition) is 18. The number of carboxylic acid groups (broad SMARTS) is 1. The maximum atomic E-state index is 13.1. The number of nitrogens with zero attached hydrogens (tertiary/aromatic N) is 12. The minimum atomic E-state index is -1.11. The zero-order valence-electron chi connectivity index (χ0n) is 38.2. The fraction of sp³-hybridized carbons (Fsp3) is 0.191. The molecule has 23 nitrogen and oxygen atoms in total. The summed E-state index contributed by atoms with van der Waals surface area (Å²) in [5.41, 5.74) is 22.1. The summed E-state index contributed by atoms with van der Waals surface area (Å²) in [5.74, 6) is 1.52. The first-order valence-corrected chi connectivity index (χ1v) is 21.6. The molecule has 0 spiro atoms. The summed E-state index contributed by atoms with van der Waals surface area (Å²) in [4.78, 5) is 57.2. The first-order valence-electron chi connectivity index (χ1n) is 21.6. The van der Waals surface area contributed by atoms with E-state index in [1.54, 1.807) is 57.7 Å². The van der Waals surface area contributed by atoms with Crippen molar-refractivity contribution in [2.75, 3.05) is 76.2 Å². The number of amides is 1. The number of nitrogens with two attached hydrogens (primary N) is 3. The van der Waals surface area contributed by atoms with E-state index in [9.17, 15) is 14.4 Å². The molecule has 3 aromatic carbocycles. The second-order valence-corrected chi connectivity index (χ2v) is 15.5. The summed E-state index contributed by atoms with van der Waals surface area (Å²) < 4.78 is 25.1. The lowest BCUT2D eigenvalue weighted by atomic mass is 10.2. The van der Waals surface area contributed by atoms with E-state index in [1.807, 2.05) is 59.5 Å². The van der Waals surface area contributed by atoms with Gasteiger partial charge >= 0.3 is 11.9 Å². The van der Waals surface area contributed by atoms with Crippen LogP contribution in [-0.4, -0.2) is 131 Å². The molecule has 7 aromatic heterocycles. The monoisotopic (exact) mass is 947 g/mol. The minimum Gasteiger partial charge on any atom is -0.494 e. The van der Waals surface area contributed by atoms with E-state index in [2.05, 4.69) is 40.1 Å². The van der Waals surface area contributed by atoms with Crippen LogP contribution in [0.5, 0.6) is 17.2 Å². The molecule has 0 atom stereocenters. The quantitative estimate of drug-likeness (QED) is 0.151. The summed E-state index contributed by atoms with van der Waals surface area (Å²) in [5, 5.41) is 23.8. The molecule has 70 heavy (non-hydrogen) atoms. The van der Waals surface area contributed by atoms with Gasteiger partial charge in [-0.15, -0.1) is 0 Å². The molecule has 23 heteroatoms. The molecule has 7 N–H and O–H groups in total. The number of aromatic nitrogens is 10. The number of para-hydroxylation sites is 3. The van der Waals surface area contributed by atoms with Crippen LogP contribution >= 0.6 is 0 Å². The second-order valence-electron chi connectivity index (χ2n) is 15.5. The molecule has 1 amide bonds. The SMILES string of the molecule is CCOC(=O)c1cc2c3cccc(OC)c3nc(N)n2n1.COc1cccc2c1nc(N)n1nc(C(=O)N3CCN(c4ccccn4)CC3)cc21.COc1cccc2c1nc(N)n1nc(C(=O)O)cc21. The van der Waals surface area contributed by atoms with Gasteiger partial charge in [-0.2, -0.15) is 28.8 Å². The van der Waals surface area contributed by atoms with Crippen molar-refractivity contribution in [1.82, 2.24) is 53.7 Å². The number of esters is 1. The Morgan fingerprint density at radius 3 is 1.46 bits per heavy atom. The number of rotatable bonds is 8. The number of carbonyl (C=O) groups is 3. The van der Waals surface area contributed by atoms with E-state index in [0.717, 1.165) is 40.6 Å². The van der Waals surface area contributed by atoms with Crippen LogP contribution in [-0.2, 0) is 4.74 Å². The van der Waals surface area contributed by atoms with Gasteiger partial charge in [0.1, 0.15) is 39.6 Å². The maximum absolute atomic E-state index is 13.1. The lowest BCUT2D eigenvalue weighted by molar-refractivity contribution is 0.0518. The highest BCUT2D eigenvalue weighted by Gasteiger charge is 2.26. The third-order valence-corrected chi connectivity index (χ3v) is 11.4. The molecule has 0 radical (unpaired) electrons. The molecule has 0 bridgehead atoms. The van der Waals surface area contributed by atoms with Gasteiger partial charge < -0.3 is 51.1 Å². The van der Waals surface area contributed by atoms with Gasteiger partial charge in [-0.25, -0.2) is 29.5 Å². The lowest BCUT2D eigenvalue weighted by Crippen LogP contribution is -2.49. The highest BCUT2D eigenvalue weighted by molar-refractivity contribution is 6.03. The smallest absolute Gasteiger partial charge is 0.358 e. The van der Waals surface area contributed by atoms with E-state index >= 15 is 0 Å². The van der Waals surface area contributed by atoms with Gasteiger partial charge in [0.2, 0.25) is 17.8 Å². The van der Waals surface area contributed by atoms with Gasteiger partial charge in [0.15, 0.2) is 17.1 Å². The Bertz CT molecular complexity index is 3630. The van der Waals surface area contributed by atoms with Crippen molar-refractivity contribution in [3.63, 3.8) is 0 Å². The van der Waals surface area contributed by atoms with Gasteiger partial charge in [-0.1, -0.05) is 42.5 Å². The summed E-state index contributed by atoms with van der Waals surface area (Å²) in [6.45, 7) is 4.68. The zero-order valence-corrected chi connectivity index (χ0v) is 38.2. The molecule has 1 fully saturated rings. The van der Waals surface area contributed by atoms with Crippen molar-refractivity contribution in [2.24, 2.45) is 0 Å². The molecule has 1 aliphatic heterocycles. The lowest BCUT2D eigenvalue weighted by Gasteiger charge is -2.35. The van der Waals surface area contributed by atoms with Crippen LogP contribution < -0.4 is 36.3 Å². The number of fused-ring (bicyclic) bond motifs is 9. The second kappa shape index (κ2) is 19.0. The molecule has 10 aromatic rings. The number of carbonyl (C=O) groups excluding carboxylic acids is 2. The van der Waals surface area contributed by atoms with Crippen molar-refractivity contribution in [3.8, 4) is 17.2 Å². The van der Waals surface area contributed by atoms with E-state index < -0.39 is 11.9 Å². The number of hydrogen-bond donors (Lipinski definition) is 4. The molecular weight excluding hydrogens is 903 g/mol. The molecule has 1 saturated heterocycles. The molecular formula is C47H45N15O8. The number of ether oxygens (including phenoxy) is 4. The number of benzene rings is 3. The Labute approximate surface area is 396 Å². The molecule has 356 valence electrons. The Hall–Kier alpha value is -9.54. The predicted molar refractivity (Wildman–Crippen MR) is 260 cm³/mol. The first-order chi connectivity index (χ1) is 33.9. The summed E-state index contributed by atoms with van der Waals surface area (Å²) in [6.07, 6.45) is 1.78. The van der Waals surface area contributed by atoms with E-state index in [1.165, 1.54) is 26.7 Å². The van der Waals surface area contributed by atoms with Crippen LogP contribution in [0.1, 0.15) is 38.4 Å². The Kier molecular flexibility index (Phi) is 12.4. The number of pyridine rings is 1. The van der Waals surface area contributed by atoms with Crippen molar-refractivity contribution in [1.29, 1.82) is 0 Å². The summed E-state index contributed by atoms with van der Waals surface area (Å²) in [6, 6.07) is 27.2. The maximum Gasteiger partial charge on any atom is 0.358 e. The third-order valence-electron chi connectivity index (χ3n) is 11.4. The van der Waals surface area contributed by atoms with Gasteiger partial charge in [0.05, 0.1) is 44.5 Å². The van der Waals surface area contributed by atoms with Gasteiger partial charge in [-0.3, -0.25) is 4.79 Å². The molecule has 0 saturated carbocycles. The van der Waals surface area contributed by atoms with Crippen LogP contribution in [0.3, 0.4) is 0 Å². The standard InChI is InChI=1S/C21H21N7O2.C14H14N4O3.C12H10N4O3/c1-30-17-6-4-5-14-16-13-15(25-28(16)21(22)24-19(14)17)20(29)27-11-9-26(10-12-27)18-7-2-3-8-23-18;1-3-21-13(19)9-7-10-8-5-4-6-11(20-2)12(8)16-14(15)18(10)17-9;1-19-9-4-2-3-6-8-5-7(11(17)18)15-16(8)12(13)14-10(6)9/h2-8,13H,9-12H2,1H3,(H2,22,24);4-7H,3H2,1-2H3,(H2,15,16);2-5H,1H3,(H2,13,14)(H,17,18). The molecule has 1 aliphatic rings. The Morgan fingerprint density at radius 1 is 0.586 bits per heavy atom. The molecule has 11 rings (SSSR count). The van der Waals surface area contributed by atoms with Gasteiger partial charge in [0.25, 0.3) is 5.91 Å². The highest BCUT2D eigenvalue weighted by Crippen LogP contribution is 2.31. The molecule has 0 aliphatic carbocycles. The number of nitrogen functional groups attached to an aromatic ring is 3. The van der Waals surface area contributed by atoms with Crippen LogP contribution in [0.25, 0.3) is 49.3 Å². The van der Waals surface area contributed by atoms with E-state index in [0.29, 0.717) is 63.6 Å². The van der Waals surface area contributed by atoms with Crippen LogP contribution in [0, 0.1) is 0 Å². The molecule has 8 heterocycles. The van der Waals surface area contributed by atoms with Crippen molar-refractivity contribution < 1.29 is 38.4 Å². The van der Waals surface area contributed by atoms with Crippen LogP contribution in [0.4, 0.5) is 23.7 Å². The van der Waals surface area contributed by atoms with Crippen molar-refractivity contribution >= 4 is 90.8 Å². The Morgan fingerprint density at radius 2 is 1.03 bits per heavy atom. The molecule has 0 unspecified atom stereocenters. The number of piperazine rings is 1. The third kappa shape index (κ3) is 8.41. The Balaban J connectivity index is 0.000000135. The van der Waals surface area contributed by atoms with Crippen molar-refractivity contribution in [2.45, 2.75) is 6.92 Å². The summed E-state index contributed by atoms with van der Waals surface area (Å²) in [7, 11) is 4.69. The fourth-order valence-corrected chi connectivity index (χ4v) is 8.11. The van der Waals surface area contributed by atoms with E-state index in [-0.39, 0.29) is 41.7 Å². The first kappa shape index (κ1) is 45.6. The topological polar surface area (TPSA) is 296 Å². The van der Waals surface area contributed by atoms with Crippen LogP contribution in [0.15, 0.2) is 97.2 Å². The average molecular weight is 948 g/mol. The number of carboxylic acids is 1. The largest absolute Gasteiger partial charge is 0.494 e.